The summed E-state index contributed by atoms with van der Waals surface area (Å²) in [6.45, 7) is 3.02. The average Bonchev–Trinajstić information content (AvgIpc) is 2.44. The van der Waals surface area contributed by atoms with Crippen LogP contribution in [-0.2, 0) is 40.5 Å². The molecular formula is C10H22O12S6. The largest absolute Gasteiger partial charge is 0.298 e. The summed E-state index contributed by atoms with van der Waals surface area (Å²) in [7, 11) is -23.6. The summed E-state index contributed by atoms with van der Waals surface area (Å²) >= 11 is 0. The minimum absolute atomic E-state index is 0.188. The van der Waals surface area contributed by atoms with E-state index in [9.17, 15) is 51.9 Å². The number of hydrogen-bond acceptors (Lipinski definition) is 10. The van der Waals surface area contributed by atoms with Crippen molar-refractivity contribution in [1.29, 1.82) is 0 Å². The van der Waals surface area contributed by atoms with Crippen molar-refractivity contribution >= 4 is 62.1 Å². The molecule has 0 bridgehead atoms. The van der Waals surface area contributed by atoms with Gasteiger partial charge in [-0.3, -0.25) is 18.2 Å². The molecule has 0 aromatic rings. The molecule has 0 saturated carbocycles. The summed E-state index contributed by atoms with van der Waals surface area (Å²) in [4.78, 5) is 0. The Kier molecular flexibility index (Phi) is 9.77. The van der Waals surface area contributed by atoms with E-state index >= 15 is 0 Å². The molecule has 18 heteroatoms. The highest BCUT2D eigenvalue weighted by molar-refractivity contribution is 8.83. The van der Waals surface area contributed by atoms with Gasteiger partial charge in [-0.15, -0.1) is 0 Å². The standard InChI is InChI=1S/C10H22O12S6/c1-3-5-7-9(25(11,12)13,26(14,15)16)23-24-10(8-6-4-2,27(17,18)19)28(20,21)22/h3-8H2,1-2H3,(H,11,12,13)(H,14,15,16)(H,17,18,19)(H,20,21,22). The van der Waals surface area contributed by atoms with Crippen LogP contribution in [0.4, 0.5) is 0 Å². The zero-order valence-electron chi connectivity index (χ0n) is 14.7. The van der Waals surface area contributed by atoms with Gasteiger partial charge in [0, 0.05) is 0 Å². The first kappa shape index (κ1) is 28.3. The monoisotopic (exact) mass is 526 g/mol. The summed E-state index contributed by atoms with van der Waals surface area (Å²) in [5, 5.41) is 0. The maximum atomic E-state index is 11.8. The van der Waals surface area contributed by atoms with Crippen LogP contribution in [0, 0.1) is 0 Å². The predicted molar refractivity (Wildman–Crippen MR) is 106 cm³/mol. The summed E-state index contributed by atoms with van der Waals surface area (Å²) in [6, 6.07) is 0. The first-order valence-electron chi connectivity index (χ1n) is 7.58. The molecule has 170 valence electrons. The minimum Gasteiger partial charge on any atom is -0.284 e. The Morgan fingerprint density at radius 1 is 0.571 bits per heavy atom. The zero-order valence-corrected chi connectivity index (χ0v) is 19.6. The molecule has 0 aromatic carbocycles. The highest BCUT2D eigenvalue weighted by atomic mass is 33.1. The van der Waals surface area contributed by atoms with Crippen LogP contribution in [0.15, 0.2) is 0 Å². The third kappa shape index (κ3) is 5.94. The fourth-order valence-electron chi connectivity index (χ4n) is 1.95. The van der Waals surface area contributed by atoms with E-state index in [1.165, 1.54) is 13.8 Å². The predicted octanol–water partition coefficient (Wildman–Crippen LogP) is 1.61. The van der Waals surface area contributed by atoms with Crippen LogP contribution >= 0.6 is 21.6 Å². The first-order valence-corrected chi connectivity index (χ1v) is 15.5. The lowest BCUT2D eigenvalue weighted by Crippen LogP contribution is -2.46. The van der Waals surface area contributed by atoms with E-state index in [1.54, 1.807) is 0 Å². The Labute approximate surface area is 172 Å². The maximum Gasteiger partial charge on any atom is 0.298 e. The minimum atomic E-state index is -5.64. The molecule has 0 aliphatic carbocycles. The Hall–Kier alpha value is 0.340. The van der Waals surface area contributed by atoms with Gasteiger partial charge in [0.15, 0.2) is 0 Å². The van der Waals surface area contributed by atoms with Crippen molar-refractivity contribution in [3.8, 4) is 0 Å². The van der Waals surface area contributed by atoms with Gasteiger partial charge in [-0.2, -0.15) is 33.7 Å². The molecule has 12 nitrogen and oxygen atoms in total. The number of hydrogen-bond donors (Lipinski definition) is 4. The fourth-order valence-corrected chi connectivity index (χ4v) is 13.4. The van der Waals surface area contributed by atoms with Crippen LogP contribution in [-0.4, -0.2) is 58.7 Å². The second-order valence-corrected chi connectivity index (χ2v) is 16.5. The maximum absolute atomic E-state index is 11.8. The van der Waals surface area contributed by atoms with Gasteiger partial charge in [0.1, 0.15) is 0 Å². The smallest absolute Gasteiger partial charge is 0.284 e. The lowest BCUT2D eigenvalue weighted by Gasteiger charge is -2.31. The third-order valence-electron chi connectivity index (χ3n) is 3.54. The highest BCUT2D eigenvalue weighted by Gasteiger charge is 2.61. The molecule has 0 radical (unpaired) electrons. The van der Waals surface area contributed by atoms with Crippen LogP contribution in [0.5, 0.6) is 0 Å². The lowest BCUT2D eigenvalue weighted by molar-refractivity contribution is 0.436. The molecule has 28 heavy (non-hydrogen) atoms. The summed E-state index contributed by atoms with van der Waals surface area (Å²) in [6.07, 6.45) is -1.86. The van der Waals surface area contributed by atoms with E-state index in [-0.39, 0.29) is 25.7 Å². The molecule has 0 spiro atoms. The van der Waals surface area contributed by atoms with Gasteiger partial charge in [-0.05, 0) is 47.3 Å². The second-order valence-electron chi connectivity index (χ2n) is 5.64. The van der Waals surface area contributed by atoms with E-state index in [0.717, 1.165) is 0 Å². The van der Waals surface area contributed by atoms with Crippen molar-refractivity contribution in [3.05, 3.63) is 0 Å². The number of rotatable bonds is 13. The first-order chi connectivity index (χ1) is 12.3. The van der Waals surface area contributed by atoms with Gasteiger partial charge in [-0.1, -0.05) is 26.7 Å². The molecule has 0 saturated heterocycles. The van der Waals surface area contributed by atoms with Crippen LogP contribution in [0.1, 0.15) is 52.4 Å². The molecule has 0 amide bonds. The molecule has 0 heterocycles. The topological polar surface area (TPSA) is 217 Å². The van der Waals surface area contributed by atoms with Crippen LogP contribution in [0.25, 0.3) is 0 Å². The molecule has 0 rings (SSSR count). The fraction of sp³-hybridized carbons (Fsp3) is 1.00. The van der Waals surface area contributed by atoms with Crippen molar-refractivity contribution in [2.75, 3.05) is 0 Å². The van der Waals surface area contributed by atoms with Crippen LogP contribution < -0.4 is 0 Å². The molecule has 0 aliphatic rings. The number of unbranched alkanes of at least 4 members (excludes halogenated alkanes) is 2. The third-order valence-corrected chi connectivity index (χ3v) is 17.8. The van der Waals surface area contributed by atoms with Gasteiger partial charge in [0.25, 0.3) is 47.3 Å². The average molecular weight is 527 g/mol. The lowest BCUT2D eigenvalue weighted by atomic mass is 10.3. The van der Waals surface area contributed by atoms with Crippen molar-refractivity contribution < 1.29 is 51.9 Å². The Bertz CT molecular complexity index is 802. The van der Waals surface area contributed by atoms with Gasteiger partial charge in [-0.25, -0.2) is 0 Å². The molecule has 0 unspecified atom stereocenters. The van der Waals surface area contributed by atoms with Gasteiger partial charge >= 0.3 is 0 Å². The Balaban J connectivity index is 6.67. The molecule has 0 aliphatic heterocycles. The van der Waals surface area contributed by atoms with E-state index in [1.807, 2.05) is 0 Å². The van der Waals surface area contributed by atoms with Gasteiger partial charge < -0.3 is 0 Å². The van der Waals surface area contributed by atoms with E-state index in [0.29, 0.717) is 0 Å². The molecule has 4 N–H and O–H groups in total. The highest BCUT2D eigenvalue weighted by Crippen LogP contribution is 2.55. The summed E-state index contributed by atoms with van der Waals surface area (Å²) < 4.78 is 125. The zero-order chi connectivity index (χ0) is 22.7. The second kappa shape index (κ2) is 9.65. The van der Waals surface area contributed by atoms with E-state index in [4.69, 9.17) is 0 Å². The Morgan fingerprint density at radius 2 is 0.786 bits per heavy atom. The molecule has 0 atom stereocenters. The van der Waals surface area contributed by atoms with Crippen molar-refractivity contribution in [2.45, 2.75) is 59.2 Å². The summed E-state index contributed by atoms with van der Waals surface area (Å²) in [5.74, 6) is 0. The molecular weight excluding hydrogens is 505 g/mol. The normalized spacial score (nSPS) is 14.9. The molecule has 0 fully saturated rings. The van der Waals surface area contributed by atoms with Crippen molar-refractivity contribution in [2.24, 2.45) is 0 Å². The Morgan fingerprint density at radius 3 is 0.929 bits per heavy atom. The van der Waals surface area contributed by atoms with Crippen LogP contribution in [0.2, 0.25) is 0 Å². The van der Waals surface area contributed by atoms with Crippen molar-refractivity contribution in [1.82, 2.24) is 0 Å². The summed E-state index contributed by atoms with van der Waals surface area (Å²) in [5.41, 5.74) is 0. The van der Waals surface area contributed by atoms with Gasteiger partial charge in [0.2, 0.25) is 0 Å². The quantitative estimate of drug-likeness (QED) is 0.198. The molecule has 0 aromatic heterocycles. The SMILES string of the molecule is CCCCC(SSC(CCCC)(S(=O)(=O)O)S(=O)(=O)O)(S(=O)(=O)O)S(=O)(=O)O. The van der Waals surface area contributed by atoms with E-state index < -0.39 is 81.7 Å². The van der Waals surface area contributed by atoms with E-state index in [2.05, 4.69) is 0 Å². The van der Waals surface area contributed by atoms with Gasteiger partial charge in [0.05, 0.1) is 0 Å². The van der Waals surface area contributed by atoms with Crippen LogP contribution in [0.3, 0.4) is 0 Å². The van der Waals surface area contributed by atoms with Crippen molar-refractivity contribution in [3.63, 3.8) is 0 Å².